The lowest BCUT2D eigenvalue weighted by molar-refractivity contribution is -0.140. The van der Waals surface area contributed by atoms with Crippen molar-refractivity contribution in [1.29, 1.82) is 0 Å². The summed E-state index contributed by atoms with van der Waals surface area (Å²) in [6, 6.07) is 9.14. The van der Waals surface area contributed by atoms with E-state index in [1.54, 1.807) is 12.1 Å². The first-order chi connectivity index (χ1) is 10.6. The van der Waals surface area contributed by atoms with Crippen LogP contribution in [-0.2, 0) is 14.4 Å². The monoisotopic (exact) mass is 300 g/mol. The first-order valence-electron chi connectivity index (χ1n) is 7.78. The molecule has 3 amide bonds. The predicted octanol–water partition coefficient (Wildman–Crippen LogP) is 2.17. The minimum absolute atomic E-state index is 0.0179. The highest BCUT2D eigenvalue weighted by Gasteiger charge is 2.48. The number of benzene rings is 1. The van der Waals surface area contributed by atoms with E-state index >= 15 is 0 Å². The summed E-state index contributed by atoms with van der Waals surface area (Å²) in [5.41, 5.74) is 0.700. The zero-order valence-corrected chi connectivity index (χ0v) is 12.7. The van der Waals surface area contributed by atoms with Gasteiger partial charge in [-0.3, -0.25) is 24.2 Å². The first-order valence-corrected chi connectivity index (χ1v) is 7.78. The number of rotatable bonds is 3. The third-order valence-electron chi connectivity index (χ3n) is 4.66. The van der Waals surface area contributed by atoms with Crippen LogP contribution in [0.25, 0.3) is 0 Å². The molecular weight excluding hydrogens is 280 g/mol. The molecular formula is C17H20N2O3. The molecule has 5 heteroatoms. The summed E-state index contributed by atoms with van der Waals surface area (Å²) in [5.74, 6) is -0.757. The molecule has 1 saturated carbocycles. The van der Waals surface area contributed by atoms with Crippen LogP contribution in [0.1, 0.15) is 32.6 Å². The molecule has 5 nitrogen and oxygen atoms in total. The van der Waals surface area contributed by atoms with E-state index in [2.05, 4.69) is 0 Å². The second-order valence-electron chi connectivity index (χ2n) is 6.03. The van der Waals surface area contributed by atoms with Gasteiger partial charge in [-0.2, -0.15) is 0 Å². The third kappa shape index (κ3) is 2.51. The Morgan fingerprint density at radius 2 is 1.64 bits per heavy atom. The lowest BCUT2D eigenvalue weighted by Gasteiger charge is -2.26. The number of para-hydroxylation sites is 1. The zero-order chi connectivity index (χ0) is 15.7. The molecule has 116 valence electrons. The Morgan fingerprint density at radius 3 is 2.14 bits per heavy atom. The quantitative estimate of drug-likeness (QED) is 0.804. The van der Waals surface area contributed by atoms with E-state index in [9.17, 15) is 14.4 Å². The van der Waals surface area contributed by atoms with Crippen molar-refractivity contribution in [3.63, 3.8) is 0 Å². The number of amides is 3. The van der Waals surface area contributed by atoms with Gasteiger partial charge in [-0.25, -0.2) is 0 Å². The van der Waals surface area contributed by atoms with Gasteiger partial charge in [0, 0.05) is 12.6 Å². The number of imide groups is 1. The summed E-state index contributed by atoms with van der Waals surface area (Å²) >= 11 is 0. The van der Waals surface area contributed by atoms with Gasteiger partial charge in [0.25, 0.3) is 0 Å². The summed E-state index contributed by atoms with van der Waals surface area (Å²) in [6.07, 6.45) is 3.58. The molecule has 0 bridgehead atoms. The molecule has 1 saturated heterocycles. The van der Waals surface area contributed by atoms with Crippen LogP contribution in [0.3, 0.4) is 0 Å². The second-order valence-corrected chi connectivity index (χ2v) is 6.03. The molecule has 0 N–H and O–H groups in total. The fraction of sp³-hybridized carbons (Fsp3) is 0.471. The van der Waals surface area contributed by atoms with Crippen molar-refractivity contribution in [2.45, 2.75) is 32.6 Å². The van der Waals surface area contributed by atoms with Crippen molar-refractivity contribution >= 4 is 23.4 Å². The Hall–Kier alpha value is -2.17. The summed E-state index contributed by atoms with van der Waals surface area (Å²) in [7, 11) is 0. The first kappa shape index (κ1) is 14.8. The maximum atomic E-state index is 12.5. The Kier molecular flexibility index (Phi) is 3.96. The number of carbonyl (C=O) groups excluding carboxylic acids is 3. The number of anilines is 1. The maximum absolute atomic E-state index is 12.5. The van der Waals surface area contributed by atoms with E-state index in [-0.39, 0.29) is 36.2 Å². The molecule has 1 aliphatic heterocycles. The number of nitrogens with zero attached hydrogens (tertiary/aromatic N) is 2. The van der Waals surface area contributed by atoms with E-state index in [4.69, 9.17) is 0 Å². The normalized spacial score (nSPS) is 24.3. The smallest absolute Gasteiger partial charge is 0.234 e. The zero-order valence-electron chi connectivity index (χ0n) is 12.7. The molecule has 0 spiro atoms. The number of hydrogen-bond donors (Lipinski definition) is 0. The van der Waals surface area contributed by atoms with Gasteiger partial charge in [-0.15, -0.1) is 0 Å². The Morgan fingerprint density at radius 1 is 1.09 bits per heavy atom. The molecule has 3 rings (SSSR count). The lowest BCUT2D eigenvalue weighted by Crippen LogP contribution is -2.44. The van der Waals surface area contributed by atoms with Crippen LogP contribution in [0, 0.1) is 11.8 Å². The fourth-order valence-corrected chi connectivity index (χ4v) is 3.48. The van der Waals surface area contributed by atoms with Crippen LogP contribution in [-0.4, -0.2) is 29.3 Å². The molecule has 2 fully saturated rings. The fourth-order valence-electron chi connectivity index (χ4n) is 3.48. The van der Waals surface area contributed by atoms with Crippen molar-refractivity contribution in [3.8, 4) is 0 Å². The van der Waals surface area contributed by atoms with Gasteiger partial charge >= 0.3 is 0 Å². The average molecular weight is 300 g/mol. The van der Waals surface area contributed by atoms with E-state index in [0.29, 0.717) is 5.69 Å². The van der Waals surface area contributed by atoms with Crippen LogP contribution in [0.2, 0.25) is 0 Å². The number of carbonyl (C=O) groups is 3. The molecule has 2 aliphatic rings. The van der Waals surface area contributed by atoms with E-state index < -0.39 is 0 Å². The van der Waals surface area contributed by atoms with E-state index in [1.165, 1.54) is 16.7 Å². The summed E-state index contributed by atoms with van der Waals surface area (Å²) < 4.78 is 0. The standard InChI is InChI=1S/C17H20N2O3/c1-12(20)18(13-7-3-2-4-8-13)11-19-16(21)14-9-5-6-10-15(14)17(19)22/h2-4,7-8,14-15H,5-6,9-11H2,1H3. The largest absolute Gasteiger partial charge is 0.294 e. The third-order valence-corrected chi connectivity index (χ3v) is 4.66. The van der Waals surface area contributed by atoms with Crippen molar-refractivity contribution in [1.82, 2.24) is 4.90 Å². The predicted molar refractivity (Wildman–Crippen MR) is 81.8 cm³/mol. The van der Waals surface area contributed by atoms with Gasteiger partial charge in [0.2, 0.25) is 17.7 Å². The average Bonchev–Trinajstić information content (AvgIpc) is 2.78. The minimum Gasteiger partial charge on any atom is -0.294 e. The maximum Gasteiger partial charge on any atom is 0.234 e. The van der Waals surface area contributed by atoms with Crippen molar-refractivity contribution in [2.75, 3.05) is 11.6 Å². The number of hydrogen-bond acceptors (Lipinski definition) is 3. The highest BCUT2D eigenvalue weighted by Crippen LogP contribution is 2.38. The summed E-state index contributed by atoms with van der Waals surface area (Å²) in [4.78, 5) is 39.7. The van der Waals surface area contributed by atoms with Crippen molar-refractivity contribution in [3.05, 3.63) is 30.3 Å². The van der Waals surface area contributed by atoms with Gasteiger partial charge in [0.15, 0.2) is 0 Å². The van der Waals surface area contributed by atoms with Gasteiger partial charge in [0.1, 0.15) is 6.67 Å². The van der Waals surface area contributed by atoms with E-state index in [0.717, 1.165) is 25.7 Å². The topological polar surface area (TPSA) is 57.7 Å². The van der Waals surface area contributed by atoms with E-state index in [1.807, 2.05) is 18.2 Å². The number of likely N-dealkylation sites (tertiary alicyclic amines) is 1. The van der Waals surface area contributed by atoms with Gasteiger partial charge in [-0.05, 0) is 25.0 Å². The van der Waals surface area contributed by atoms with Crippen LogP contribution in [0.5, 0.6) is 0 Å². The lowest BCUT2D eigenvalue weighted by atomic mass is 9.81. The number of fused-ring (bicyclic) bond motifs is 1. The molecule has 0 radical (unpaired) electrons. The van der Waals surface area contributed by atoms with Gasteiger partial charge in [0.05, 0.1) is 11.8 Å². The second kappa shape index (κ2) is 5.91. The molecule has 0 aromatic heterocycles. The van der Waals surface area contributed by atoms with Crippen molar-refractivity contribution in [2.24, 2.45) is 11.8 Å². The molecule has 2 unspecified atom stereocenters. The van der Waals surface area contributed by atoms with Crippen molar-refractivity contribution < 1.29 is 14.4 Å². The molecule has 1 aliphatic carbocycles. The van der Waals surface area contributed by atoms with Crippen LogP contribution in [0.15, 0.2) is 30.3 Å². The molecule has 2 atom stereocenters. The Labute approximate surface area is 129 Å². The summed E-state index contributed by atoms with van der Waals surface area (Å²) in [6.45, 7) is 1.47. The molecule has 1 aromatic carbocycles. The minimum atomic E-state index is -0.179. The Balaban J connectivity index is 1.83. The van der Waals surface area contributed by atoms with Crippen LogP contribution < -0.4 is 4.90 Å². The SMILES string of the molecule is CC(=O)N(CN1C(=O)C2CCCCC2C1=O)c1ccccc1. The highest BCUT2D eigenvalue weighted by molar-refractivity contribution is 6.06. The summed E-state index contributed by atoms with van der Waals surface area (Å²) in [5, 5.41) is 0. The van der Waals surface area contributed by atoms with Gasteiger partial charge < -0.3 is 0 Å². The Bertz CT molecular complexity index is 575. The molecule has 22 heavy (non-hydrogen) atoms. The van der Waals surface area contributed by atoms with Gasteiger partial charge in [-0.1, -0.05) is 31.0 Å². The highest BCUT2D eigenvalue weighted by atomic mass is 16.2. The van der Waals surface area contributed by atoms with Crippen LogP contribution in [0.4, 0.5) is 5.69 Å². The molecule has 1 heterocycles. The van der Waals surface area contributed by atoms with Crippen LogP contribution >= 0.6 is 0 Å². The molecule has 1 aromatic rings.